The van der Waals surface area contributed by atoms with Gasteiger partial charge in [-0.3, -0.25) is 4.79 Å². The van der Waals surface area contributed by atoms with Gasteiger partial charge in [0.2, 0.25) is 5.91 Å². The summed E-state index contributed by atoms with van der Waals surface area (Å²) in [7, 11) is 0. The molecular formula is C19H15F2N3O. The quantitative estimate of drug-likeness (QED) is 0.729. The van der Waals surface area contributed by atoms with E-state index >= 15 is 0 Å². The molecule has 0 aliphatic rings. The van der Waals surface area contributed by atoms with E-state index in [2.05, 4.69) is 15.6 Å². The second-order valence-corrected chi connectivity index (χ2v) is 5.39. The van der Waals surface area contributed by atoms with Crippen LogP contribution in [0.2, 0.25) is 0 Å². The van der Waals surface area contributed by atoms with Gasteiger partial charge in [0.15, 0.2) is 0 Å². The molecule has 0 bridgehead atoms. The number of carbonyl (C=O) groups is 1. The lowest BCUT2D eigenvalue weighted by Crippen LogP contribution is -2.15. The Morgan fingerprint density at radius 2 is 1.72 bits per heavy atom. The number of para-hydroxylation sites is 1. The number of hydrogen-bond donors (Lipinski definition) is 2. The maximum Gasteiger partial charge on any atom is 0.229 e. The topological polar surface area (TPSA) is 54.0 Å². The van der Waals surface area contributed by atoms with Gasteiger partial charge >= 0.3 is 0 Å². The van der Waals surface area contributed by atoms with Gasteiger partial charge in [-0.1, -0.05) is 24.3 Å². The van der Waals surface area contributed by atoms with E-state index in [0.717, 1.165) is 0 Å². The molecule has 0 radical (unpaired) electrons. The van der Waals surface area contributed by atoms with Crippen LogP contribution in [0, 0.1) is 11.6 Å². The minimum Gasteiger partial charge on any atom is -0.352 e. The molecule has 0 saturated carbocycles. The van der Waals surface area contributed by atoms with Crippen molar-refractivity contribution in [2.75, 3.05) is 10.6 Å². The van der Waals surface area contributed by atoms with Crippen molar-refractivity contribution in [3.63, 3.8) is 0 Å². The molecule has 3 rings (SSSR count). The normalized spacial score (nSPS) is 10.3. The van der Waals surface area contributed by atoms with Crippen molar-refractivity contribution >= 4 is 23.1 Å². The molecule has 1 amide bonds. The van der Waals surface area contributed by atoms with Crippen LogP contribution < -0.4 is 10.6 Å². The Morgan fingerprint density at radius 3 is 2.40 bits per heavy atom. The first kappa shape index (κ1) is 16.6. The molecule has 2 aromatic carbocycles. The number of rotatable bonds is 5. The highest BCUT2D eigenvalue weighted by atomic mass is 19.1. The first-order chi connectivity index (χ1) is 12.1. The van der Waals surface area contributed by atoms with Gasteiger partial charge in [-0.05, 0) is 42.0 Å². The number of amides is 1. The van der Waals surface area contributed by atoms with Crippen molar-refractivity contribution < 1.29 is 13.6 Å². The molecule has 0 spiro atoms. The molecule has 0 fully saturated rings. The van der Waals surface area contributed by atoms with Gasteiger partial charge < -0.3 is 10.6 Å². The Bertz CT molecular complexity index is 865. The smallest absolute Gasteiger partial charge is 0.229 e. The Morgan fingerprint density at radius 1 is 0.960 bits per heavy atom. The van der Waals surface area contributed by atoms with Crippen LogP contribution in [-0.4, -0.2) is 10.9 Å². The van der Waals surface area contributed by atoms with E-state index in [4.69, 9.17) is 0 Å². The molecule has 0 aliphatic carbocycles. The van der Waals surface area contributed by atoms with Crippen LogP contribution in [0.25, 0.3) is 0 Å². The molecule has 0 saturated heterocycles. The van der Waals surface area contributed by atoms with Crippen LogP contribution >= 0.6 is 0 Å². The summed E-state index contributed by atoms with van der Waals surface area (Å²) in [5.41, 5.74) is 1.65. The van der Waals surface area contributed by atoms with Crippen molar-refractivity contribution in [3.05, 3.63) is 84.1 Å². The highest BCUT2D eigenvalue weighted by Gasteiger charge is 2.06. The largest absolute Gasteiger partial charge is 0.352 e. The molecular weight excluding hydrogens is 324 g/mol. The number of pyridine rings is 1. The fourth-order valence-corrected chi connectivity index (χ4v) is 2.23. The fourth-order valence-electron chi connectivity index (χ4n) is 2.23. The van der Waals surface area contributed by atoms with Crippen molar-refractivity contribution in [2.45, 2.75) is 6.42 Å². The van der Waals surface area contributed by atoms with Crippen molar-refractivity contribution in [1.29, 1.82) is 0 Å². The summed E-state index contributed by atoms with van der Waals surface area (Å²) in [5.74, 6) is -0.580. The van der Waals surface area contributed by atoms with E-state index in [1.807, 2.05) is 0 Å². The monoisotopic (exact) mass is 339 g/mol. The Balaban J connectivity index is 1.59. The molecule has 0 atom stereocenters. The first-order valence-corrected chi connectivity index (χ1v) is 7.62. The highest BCUT2D eigenvalue weighted by Crippen LogP contribution is 2.19. The van der Waals surface area contributed by atoms with Crippen molar-refractivity contribution in [3.8, 4) is 0 Å². The molecule has 0 unspecified atom stereocenters. The summed E-state index contributed by atoms with van der Waals surface area (Å²) in [6.45, 7) is 0. The van der Waals surface area contributed by atoms with Gasteiger partial charge in [-0.25, -0.2) is 13.8 Å². The van der Waals surface area contributed by atoms with E-state index in [0.29, 0.717) is 22.8 Å². The van der Waals surface area contributed by atoms with Crippen LogP contribution in [0.3, 0.4) is 0 Å². The van der Waals surface area contributed by atoms with Crippen LogP contribution in [0.4, 0.5) is 26.0 Å². The van der Waals surface area contributed by atoms with E-state index in [-0.39, 0.29) is 24.0 Å². The highest BCUT2D eigenvalue weighted by molar-refractivity contribution is 5.91. The minimum absolute atomic E-state index is 0.122. The van der Waals surface area contributed by atoms with Crippen molar-refractivity contribution in [2.24, 2.45) is 0 Å². The average Bonchev–Trinajstić information content (AvgIpc) is 2.61. The lowest BCUT2D eigenvalue weighted by Gasteiger charge is -2.08. The van der Waals surface area contributed by atoms with E-state index in [1.165, 1.54) is 24.4 Å². The molecule has 6 heteroatoms. The van der Waals surface area contributed by atoms with Gasteiger partial charge in [-0.2, -0.15) is 0 Å². The third-order valence-corrected chi connectivity index (χ3v) is 3.46. The van der Waals surface area contributed by atoms with Crippen LogP contribution in [0.5, 0.6) is 0 Å². The number of aromatic nitrogens is 1. The Kier molecular flexibility index (Phi) is 4.99. The zero-order chi connectivity index (χ0) is 17.6. The van der Waals surface area contributed by atoms with Gasteiger partial charge in [0.05, 0.1) is 24.0 Å². The first-order valence-electron chi connectivity index (χ1n) is 7.62. The van der Waals surface area contributed by atoms with Gasteiger partial charge in [-0.15, -0.1) is 0 Å². The summed E-state index contributed by atoms with van der Waals surface area (Å²) in [6, 6.07) is 15.4. The predicted octanol–water partition coefficient (Wildman–Crippen LogP) is 4.28. The summed E-state index contributed by atoms with van der Waals surface area (Å²) >= 11 is 0. The lowest BCUT2D eigenvalue weighted by atomic mass is 10.1. The average molecular weight is 339 g/mol. The number of nitrogens with one attached hydrogen (secondary N) is 2. The summed E-state index contributed by atoms with van der Waals surface area (Å²) in [5, 5.41) is 5.57. The van der Waals surface area contributed by atoms with Gasteiger partial charge in [0.1, 0.15) is 17.5 Å². The molecule has 0 aliphatic heterocycles. The lowest BCUT2D eigenvalue weighted by molar-refractivity contribution is -0.115. The standard InChI is InChI=1S/C19H15F2N3O/c20-14-7-5-13(6-8-14)11-19(25)24-18-10-9-15(12-22-18)23-17-4-2-1-3-16(17)21/h1-10,12,23H,11H2,(H,22,24,25). The molecule has 4 nitrogen and oxygen atoms in total. The van der Waals surface area contributed by atoms with Crippen LogP contribution in [0.1, 0.15) is 5.56 Å². The zero-order valence-electron chi connectivity index (χ0n) is 13.2. The second-order valence-electron chi connectivity index (χ2n) is 5.39. The van der Waals surface area contributed by atoms with Gasteiger partial charge in [0.25, 0.3) is 0 Å². The molecule has 1 aromatic heterocycles. The van der Waals surface area contributed by atoms with Crippen molar-refractivity contribution in [1.82, 2.24) is 4.98 Å². The summed E-state index contributed by atoms with van der Waals surface area (Å²) < 4.78 is 26.4. The van der Waals surface area contributed by atoms with E-state index in [9.17, 15) is 13.6 Å². The van der Waals surface area contributed by atoms with Crippen LogP contribution in [-0.2, 0) is 11.2 Å². The van der Waals surface area contributed by atoms with E-state index in [1.54, 1.807) is 42.5 Å². The molecule has 3 aromatic rings. The Hall–Kier alpha value is -3.28. The maximum absolute atomic E-state index is 13.6. The maximum atomic E-state index is 13.6. The minimum atomic E-state index is -0.362. The number of halogens is 2. The van der Waals surface area contributed by atoms with Gasteiger partial charge in [0, 0.05) is 0 Å². The molecule has 25 heavy (non-hydrogen) atoms. The number of nitrogens with zero attached hydrogens (tertiary/aromatic N) is 1. The summed E-state index contributed by atoms with van der Waals surface area (Å²) in [4.78, 5) is 16.1. The molecule has 1 heterocycles. The molecule has 2 N–H and O–H groups in total. The predicted molar refractivity (Wildman–Crippen MR) is 92.7 cm³/mol. The van der Waals surface area contributed by atoms with Crippen LogP contribution in [0.15, 0.2) is 66.9 Å². The Labute approximate surface area is 143 Å². The number of carbonyl (C=O) groups excluding carboxylic acids is 1. The number of anilines is 3. The SMILES string of the molecule is O=C(Cc1ccc(F)cc1)Nc1ccc(Nc2ccccc2F)cn1. The number of hydrogen-bond acceptors (Lipinski definition) is 3. The fraction of sp³-hybridized carbons (Fsp3) is 0.0526. The number of benzene rings is 2. The third-order valence-electron chi connectivity index (χ3n) is 3.46. The van der Waals surface area contributed by atoms with E-state index < -0.39 is 0 Å². The zero-order valence-corrected chi connectivity index (χ0v) is 13.2. The second kappa shape index (κ2) is 7.53. The third kappa shape index (κ3) is 4.60. The molecule has 126 valence electrons. The summed E-state index contributed by atoms with van der Waals surface area (Å²) in [6.07, 6.45) is 1.62.